The van der Waals surface area contributed by atoms with E-state index in [0.717, 1.165) is 0 Å². The van der Waals surface area contributed by atoms with Crippen molar-refractivity contribution in [2.75, 3.05) is 14.2 Å². The molecule has 8 rings (SSSR count). The summed E-state index contributed by atoms with van der Waals surface area (Å²) in [6, 6.07) is 26.2. The van der Waals surface area contributed by atoms with E-state index in [1.54, 1.807) is 60.7 Å². The fourth-order valence-corrected chi connectivity index (χ4v) is 8.54. The Morgan fingerprint density at radius 3 is 1.18 bits per heavy atom. The number of nitrogens with zero attached hydrogens (tertiary/aromatic N) is 8. The molecule has 0 heterocycles. The Morgan fingerprint density at radius 1 is 0.487 bits per heavy atom. The van der Waals surface area contributed by atoms with Gasteiger partial charge in [-0.15, -0.1) is 20.5 Å². The number of aliphatic hydroxyl groups is 2. The molecule has 0 aliphatic heterocycles. The van der Waals surface area contributed by atoms with Gasteiger partial charge >= 0.3 is 70.5 Å². The standard InChI is InChI=1S/C48H34N8O18S2.2Na/c1-73-39-17-23(11-13-33(39)49-47(61)31-15-25-7-3-5-9-29(25)41(43(31)57)53-51-35-19-27(75(67,68)69)21-37(45(35)59)55(63)64)24-12-14-34(40(18-24)74-2)50-48(62)32-16-26-8-4-6-10-30(26)42(44(32)58)54-52-36-20-28(76(70,71)72)22-38(46(36)60)56(65)66;;/h3-22,57-60H,1-2H3,(H,49,61)(H,50,62)(H,67,68,69)(H,70,71,72);;/q;2*+1/p-2. The molecule has 0 radical (unpaired) electrons. The first kappa shape index (κ1) is 59.1. The smallest absolute Gasteiger partial charge is 0.744 e. The zero-order valence-electron chi connectivity index (χ0n) is 40.5. The Kier molecular flexibility index (Phi) is 17.9. The minimum atomic E-state index is -5.27. The van der Waals surface area contributed by atoms with Crippen LogP contribution in [-0.2, 0) is 20.2 Å². The van der Waals surface area contributed by atoms with Crippen LogP contribution < -0.4 is 68.6 Å². The van der Waals surface area contributed by atoms with E-state index in [1.165, 1.54) is 50.6 Å². The van der Waals surface area contributed by atoms with Crippen molar-refractivity contribution < 1.29 is 135 Å². The molecule has 0 saturated carbocycles. The predicted molar refractivity (Wildman–Crippen MR) is 268 cm³/mol. The topological polar surface area (TPSA) is 415 Å². The summed E-state index contributed by atoms with van der Waals surface area (Å²) in [5.74, 6) is -5.04. The summed E-state index contributed by atoms with van der Waals surface area (Å²) in [4.78, 5) is 27.2. The first-order chi connectivity index (χ1) is 36.0. The van der Waals surface area contributed by atoms with Gasteiger partial charge in [0.25, 0.3) is 0 Å². The summed E-state index contributed by atoms with van der Waals surface area (Å²) in [6.45, 7) is 0. The minimum Gasteiger partial charge on any atom is -0.744 e. The second-order valence-corrected chi connectivity index (χ2v) is 18.5. The fourth-order valence-electron chi connectivity index (χ4n) is 7.51. The molecule has 0 aliphatic carbocycles. The van der Waals surface area contributed by atoms with Gasteiger partial charge in [0.1, 0.15) is 65.9 Å². The van der Waals surface area contributed by atoms with Crippen molar-refractivity contribution in [1.82, 2.24) is 0 Å². The molecule has 78 heavy (non-hydrogen) atoms. The summed E-state index contributed by atoms with van der Waals surface area (Å²) >= 11 is 0. The third-order valence-corrected chi connectivity index (χ3v) is 12.8. The Bertz CT molecular complexity index is 3880. The number of methoxy groups -OCH3 is 2. The molecule has 0 atom stereocenters. The number of aromatic hydroxyl groups is 4. The van der Waals surface area contributed by atoms with Gasteiger partial charge in [-0.2, -0.15) is 0 Å². The van der Waals surface area contributed by atoms with Gasteiger partial charge in [0.05, 0.1) is 45.0 Å². The van der Waals surface area contributed by atoms with E-state index < -0.39 is 97.4 Å². The second kappa shape index (κ2) is 23.6. The van der Waals surface area contributed by atoms with E-state index in [9.17, 15) is 76.8 Å². The van der Waals surface area contributed by atoms with Crippen molar-refractivity contribution in [2.24, 2.45) is 30.4 Å². The van der Waals surface area contributed by atoms with E-state index in [2.05, 4.69) is 30.4 Å². The molecule has 0 spiro atoms. The SMILES string of the molecule is COc1cc(-c2ccc(N=C(O)c3cc4ccccc4c(N=Nc4cc(S(=O)(=O)[O-])cc([N+](=O)[O-])c4O)c3O)c(OC)c2)ccc1N=C(O)c1cc2ccccc2c(N=Nc2cc(S(=O)(=O)[O-])cc([N+](=O)[O-])c2O)c1O.[Na+].[Na+]. The van der Waals surface area contributed by atoms with E-state index in [-0.39, 0.29) is 115 Å². The number of hydrogen-bond donors (Lipinski definition) is 6. The molecule has 0 unspecified atom stereocenters. The molecule has 386 valence electrons. The maximum atomic E-state index is 11.7. The molecule has 6 N–H and O–H groups in total. The van der Waals surface area contributed by atoms with Gasteiger partial charge in [0.2, 0.25) is 23.3 Å². The number of fused-ring (bicyclic) bond motifs is 2. The van der Waals surface area contributed by atoms with Crippen molar-refractivity contribution in [3.8, 4) is 45.6 Å². The van der Waals surface area contributed by atoms with E-state index in [4.69, 9.17) is 9.47 Å². The average Bonchev–Trinajstić information content (AvgIpc) is 3.41. The molecule has 0 aromatic heterocycles. The molecule has 8 aromatic rings. The number of ether oxygens (including phenoxy) is 2. The zero-order valence-corrected chi connectivity index (χ0v) is 46.2. The number of rotatable bonds is 15. The van der Waals surface area contributed by atoms with Gasteiger partial charge in [0.15, 0.2) is 11.5 Å². The molecular formula is C48H32N8Na2O18S2. The van der Waals surface area contributed by atoms with Crippen LogP contribution in [0.2, 0.25) is 0 Å². The monoisotopic (exact) mass is 1120 g/mol. The summed E-state index contributed by atoms with van der Waals surface area (Å²) < 4.78 is 81.7. The molecule has 0 aliphatic rings. The number of aliphatic hydroxyl groups excluding tert-OH is 2. The Labute approximate surface area is 483 Å². The van der Waals surface area contributed by atoms with E-state index in [1.807, 2.05) is 0 Å². The first-order valence-corrected chi connectivity index (χ1v) is 24.0. The second-order valence-electron chi connectivity index (χ2n) is 15.8. The van der Waals surface area contributed by atoms with Gasteiger partial charge in [0, 0.05) is 22.9 Å². The molecule has 8 aromatic carbocycles. The number of benzene rings is 8. The van der Waals surface area contributed by atoms with Gasteiger partial charge in [-0.3, -0.25) is 20.2 Å². The van der Waals surface area contributed by atoms with Crippen LogP contribution in [0.5, 0.6) is 34.5 Å². The van der Waals surface area contributed by atoms with Crippen LogP contribution in [0.15, 0.2) is 162 Å². The molecule has 0 bridgehead atoms. The Balaban J connectivity index is 0.00000492. The maximum Gasteiger partial charge on any atom is 1.00 e. The molecule has 0 amide bonds. The third-order valence-electron chi connectivity index (χ3n) is 11.2. The van der Waals surface area contributed by atoms with Crippen LogP contribution in [0.4, 0.5) is 45.5 Å². The van der Waals surface area contributed by atoms with Crippen molar-refractivity contribution >= 4 is 99.1 Å². The zero-order chi connectivity index (χ0) is 55.0. The minimum absolute atomic E-state index is 0. The van der Waals surface area contributed by atoms with Crippen molar-refractivity contribution in [3.05, 3.63) is 153 Å². The number of hydrogen-bond acceptors (Lipinski definition) is 22. The largest absolute Gasteiger partial charge is 1.00 e. The molecule has 0 fully saturated rings. The normalized spacial score (nSPS) is 12.2. The van der Waals surface area contributed by atoms with Crippen LogP contribution in [0, 0.1) is 20.2 Å². The number of azo groups is 2. The number of nitro groups is 2. The van der Waals surface area contributed by atoms with Crippen LogP contribution in [0.3, 0.4) is 0 Å². The van der Waals surface area contributed by atoms with Crippen LogP contribution in [0.1, 0.15) is 11.1 Å². The molecule has 0 saturated heterocycles. The predicted octanol–water partition coefficient (Wildman–Crippen LogP) is 4.24. The van der Waals surface area contributed by atoms with E-state index >= 15 is 0 Å². The molecule has 26 nitrogen and oxygen atoms in total. The summed E-state index contributed by atoms with van der Waals surface area (Å²) in [6.07, 6.45) is 0. The van der Waals surface area contributed by atoms with E-state index in [0.29, 0.717) is 46.2 Å². The molecule has 30 heteroatoms. The van der Waals surface area contributed by atoms with Gasteiger partial charge in [-0.05, 0) is 70.4 Å². The Morgan fingerprint density at radius 2 is 0.846 bits per heavy atom. The summed E-state index contributed by atoms with van der Waals surface area (Å²) in [5.41, 5.74) is -4.15. The first-order valence-electron chi connectivity index (χ1n) is 21.2. The number of nitro benzene ring substituents is 2. The number of phenolic OH excluding ortho intramolecular Hbond substituents is 4. The molecular weight excluding hydrogens is 1090 g/mol. The number of phenols is 4. The Hall–Kier alpha value is -8.16. The number of aliphatic imine (C=N–C) groups is 2. The summed E-state index contributed by atoms with van der Waals surface area (Å²) in [5, 5.41) is 106. The van der Waals surface area contributed by atoms with Crippen LogP contribution in [-0.4, -0.2) is 92.4 Å². The maximum absolute atomic E-state index is 11.7. The van der Waals surface area contributed by atoms with Crippen LogP contribution >= 0.6 is 0 Å². The summed E-state index contributed by atoms with van der Waals surface area (Å²) in [7, 11) is -7.91. The quantitative estimate of drug-likeness (QED) is 0.0159. The van der Waals surface area contributed by atoms with Crippen LogP contribution in [0.25, 0.3) is 32.7 Å². The average molecular weight is 1120 g/mol. The van der Waals surface area contributed by atoms with Crippen molar-refractivity contribution in [3.63, 3.8) is 0 Å². The van der Waals surface area contributed by atoms with Gasteiger partial charge < -0.3 is 49.2 Å². The van der Waals surface area contributed by atoms with Gasteiger partial charge in [-0.1, -0.05) is 60.7 Å². The van der Waals surface area contributed by atoms with Gasteiger partial charge in [-0.25, -0.2) is 26.8 Å². The van der Waals surface area contributed by atoms with Crippen molar-refractivity contribution in [1.29, 1.82) is 0 Å². The third kappa shape index (κ3) is 12.2. The van der Waals surface area contributed by atoms with Crippen molar-refractivity contribution in [2.45, 2.75) is 9.79 Å². The fraction of sp³-hybridized carbons (Fsp3) is 0.0417.